The minimum absolute atomic E-state index is 0.543. The Morgan fingerprint density at radius 1 is 1.60 bits per heavy atom. The largest absolute Gasteiger partial charge is 0.467 e. The molecule has 2 heterocycles. The van der Waals surface area contributed by atoms with Crippen LogP contribution in [0.15, 0.2) is 25.0 Å². The Kier molecular flexibility index (Phi) is 1.04. The number of imidazole rings is 1. The number of H-pyrrole nitrogens is 1. The number of ether oxygens (including phenoxy) is 1. The van der Waals surface area contributed by atoms with Crippen LogP contribution in [0.25, 0.3) is 0 Å². The monoisotopic (exact) mass is 135 g/mol. The fraction of sp³-hybridized carbons (Fsp3) is 0. The van der Waals surface area contributed by atoms with Crippen LogP contribution in [-0.4, -0.2) is 15.9 Å². The Bertz CT molecular complexity index is 273. The van der Waals surface area contributed by atoms with Crippen LogP contribution in [0.4, 0.5) is 0 Å². The van der Waals surface area contributed by atoms with Gasteiger partial charge in [0, 0.05) is 6.20 Å². The van der Waals surface area contributed by atoms with Gasteiger partial charge in [0.1, 0.15) is 4.99 Å². The van der Waals surface area contributed by atoms with Gasteiger partial charge in [0.2, 0.25) is 0 Å². The lowest BCUT2D eigenvalue weighted by Gasteiger charge is -1.81. The van der Waals surface area contributed by atoms with Crippen molar-refractivity contribution in [3.05, 3.63) is 30.7 Å². The minimum atomic E-state index is 0.543. The maximum atomic E-state index is 4.98. The highest BCUT2D eigenvalue weighted by atomic mass is 16.5. The van der Waals surface area contributed by atoms with Crippen molar-refractivity contribution in [3.63, 3.8) is 0 Å². The highest BCUT2D eigenvalue weighted by molar-refractivity contribution is 5.92. The number of hydrogen-bond acceptors (Lipinski definition) is 3. The van der Waals surface area contributed by atoms with Gasteiger partial charge in [-0.05, 0) is 0 Å². The number of nitrogens with one attached hydrogen (secondary N) is 1. The van der Waals surface area contributed by atoms with Gasteiger partial charge >= 0.3 is 5.90 Å². The molecule has 4 heteroatoms. The molecule has 1 aliphatic rings. The zero-order valence-corrected chi connectivity index (χ0v) is 5.11. The van der Waals surface area contributed by atoms with Gasteiger partial charge in [-0.2, -0.15) is 0 Å². The Morgan fingerprint density at radius 3 is 3.20 bits per heavy atom. The van der Waals surface area contributed by atoms with Crippen molar-refractivity contribution in [2.45, 2.75) is 0 Å². The van der Waals surface area contributed by atoms with E-state index < -0.39 is 0 Å². The number of hydrogen-bond donors (Lipinski definition) is 1. The van der Waals surface area contributed by atoms with Crippen LogP contribution in [0.3, 0.4) is 0 Å². The van der Waals surface area contributed by atoms with Crippen molar-refractivity contribution in [1.29, 1.82) is 0 Å². The van der Waals surface area contributed by atoms with Gasteiger partial charge in [0.05, 0.1) is 6.33 Å². The normalized spacial score (nSPS) is 15.0. The zero-order chi connectivity index (χ0) is 6.81. The van der Waals surface area contributed by atoms with Gasteiger partial charge in [0.15, 0.2) is 12.0 Å². The van der Waals surface area contributed by atoms with Crippen LogP contribution < -0.4 is 4.99 Å². The molecule has 1 aromatic rings. The third-order valence-electron chi connectivity index (χ3n) is 1.15. The second-order valence-electron chi connectivity index (χ2n) is 1.79. The quantitative estimate of drug-likeness (QED) is 0.589. The van der Waals surface area contributed by atoms with E-state index >= 15 is 0 Å². The van der Waals surface area contributed by atoms with Crippen molar-refractivity contribution in [2.75, 3.05) is 0 Å². The molecule has 0 saturated carbocycles. The maximum Gasteiger partial charge on any atom is 0.467 e. The van der Waals surface area contributed by atoms with Gasteiger partial charge in [-0.25, -0.2) is 4.98 Å². The second-order valence-corrected chi connectivity index (χ2v) is 1.79. The predicted molar refractivity (Wildman–Crippen MR) is 35.1 cm³/mol. The molecule has 1 aromatic heterocycles. The van der Waals surface area contributed by atoms with Crippen molar-refractivity contribution < 1.29 is 4.74 Å². The van der Waals surface area contributed by atoms with Crippen molar-refractivity contribution >= 4 is 5.90 Å². The molecule has 1 radical (unpaired) electrons. The Morgan fingerprint density at radius 2 is 2.60 bits per heavy atom. The average molecular weight is 135 g/mol. The van der Waals surface area contributed by atoms with Gasteiger partial charge in [-0.3, -0.25) is 0 Å². The van der Waals surface area contributed by atoms with Crippen LogP contribution in [0.1, 0.15) is 5.69 Å². The number of aromatic nitrogens is 2. The first-order valence-corrected chi connectivity index (χ1v) is 2.85. The summed E-state index contributed by atoms with van der Waals surface area (Å²) in [6.45, 7) is 0. The standard InChI is InChI=1S/C6H5N3O/c1-2-10-6(8-1)5-3-7-4-9-5/h1-4H,(H,7,9)/q+1. The van der Waals surface area contributed by atoms with Gasteiger partial charge in [-0.1, -0.05) is 0 Å². The molecule has 0 saturated heterocycles. The summed E-state index contributed by atoms with van der Waals surface area (Å²) in [4.78, 5) is 10.7. The van der Waals surface area contributed by atoms with E-state index in [1.165, 1.54) is 6.26 Å². The van der Waals surface area contributed by atoms with Crippen LogP contribution in [0.2, 0.25) is 0 Å². The highest BCUT2D eigenvalue weighted by Crippen LogP contribution is 1.97. The summed E-state index contributed by atoms with van der Waals surface area (Å²) in [6.07, 6.45) is 6.42. The molecular formula is C6H5N3O+. The van der Waals surface area contributed by atoms with E-state index in [0.717, 1.165) is 5.69 Å². The van der Waals surface area contributed by atoms with E-state index in [1.54, 1.807) is 18.7 Å². The molecular weight excluding hydrogens is 130 g/mol. The number of rotatable bonds is 1. The first kappa shape index (κ1) is 5.22. The molecule has 0 spiro atoms. The third kappa shape index (κ3) is 0.699. The molecule has 0 aliphatic carbocycles. The molecule has 4 nitrogen and oxygen atoms in total. The first-order valence-electron chi connectivity index (χ1n) is 2.85. The van der Waals surface area contributed by atoms with Crippen LogP contribution in [-0.2, 0) is 4.74 Å². The number of aromatic amines is 1. The highest BCUT2D eigenvalue weighted by Gasteiger charge is 2.20. The SMILES string of the molecule is C1=COC(c2c[nH]cn2)=[N+]1. The molecule has 0 unspecified atom stereocenters. The van der Waals surface area contributed by atoms with E-state index in [9.17, 15) is 0 Å². The van der Waals surface area contributed by atoms with Crippen LogP contribution in [0.5, 0.6) is 0 Å². The lowest BCUT2D eigenvalue weighted by molar-refractivity contribution is 0.485. The fourth-order valence-corrected chi connectivity index (χ4v) is 0.727. The minimum Gasteiger partial charge on any atom is -0.400 e. The summed E-state index contributed by atoms with van der Waals surface area (Å²) < 4.78 is 4.98. The molecule has 49 valence electrons. The zero-order valence-electron chi connectivity index (χ0n) is 5.11. The Hall–Kier alpha value is -1.58. The topological polar surface area (TPSA) is 52.0 Å². The number of aliphatic imine (C=N–C) groups is 1. The Labute approximate surface area is 57.3 Å². The molecule has 0 amide bonds. The summed E-state index contributed by atoms with van der Waals surface area (Å²) in [5.74, 6) is 0.543. The van der Waals surface area contributed by atoms with Crippen molar-refractivity contribution in [1.82, 2.24) is 15.0 Å². The average Bonchev–Trinajstić information content (AvgIpc) is 2.59. The first-order chi connectivity index (χ1) is 4.97. The maximum absolute atomic E-state index is 4.98. The summed E-state index contributed by atoms with van der Waals surface area (Å²) in [5.41, 5.74) is 0.727. The van der Waals surface area contributed by atoms with E-state index in [0.29, 0.717) is 5.90 Å². The van der Waals surface area contributed by atoms with E-state index in [4.69, 9.17) is 4.74 Å². The molecule has 1 aliphatic heterocycles. The molecule has 0 fully saturated rings. The fourth-order valence-electron chi connectivity index (χ4n) is 0.727. The van der Waals surface area contributed by atoms with E-state index in [1.807, 2.05) is 0 Å². The summed E-state index contributed by atoms with van der Waals surface area (Å²) in [5, 5.41) is 0. The molecule has 0 bridgehead atoms. The molecule has 0 aromatic carbocycles. The van der Waals surface area contributed by atoms with Gasteiger partial charge < -0.3 is 9.72 Å². The van der Waals surface area contributed by atoms with Crippen LogP contribution >= 0.6 is 0 Å². The molecule has 0 atom stereocenters. The van der Waals surface area contributed by atoms with Gasteiger partial charge in [0.25, 0.3) is 6.20 Å². The summed E-state index contributed by atoms with van der Waals surface area (Å²) in [6, 6.07) is 0. The van der Waals surface area contributed by atoms with Crippen molar-refractivity contribution in [3.8, 4) is 0 Å². The van der Waals surface area contributed by atoms with E-state index in [-0.39, 0.29) is 0 Å². The van der Waals surface area contributed by atoms with E-state index in [2.05, 4.69) is 15.0 Å². The van der Waals surface area contributed by atoms with Gasteiger partial charge in [-0.15, -0.1) is 0 Å². The third-order valence-corrected chi connectivity index (χ3v) is 1.15. The van der Waals surface area contributed by atoms with Crippen LogP contribution in [0, 0.1) is 0 Å². The lowest BCUT2D eigenvalue weighted by atomic mass is 10.5. The molecule has 2 rings (SSSR count). The lowest BCUT2D eigenvalue weighted by Crippen LogP contribution is -2.03. The Balaban J connectivity index is 2.30. The molecule has 10 heavy (non-hydrogen) atoms. The smallest absolute Gasteiger partial charge is 0.400 e. The van der Waals surface area contributed by atoms with Crippen molar-refractivity contribution in [2.24, 2.45) is 0 Å². The molecule has 1 N–H and O–H groups in total. The number of nitrogens with zero attached hydrogens (tertiary/aromatic N) is 2. The summed E-state index contributed by atoms with van der Waals surface area (Å²) in [7, 11) is 0. The predicted octanol–water partition coefficient (Wildman–Crippen LogP) is -0.00650. The second kappa shape index (κ2) is 1.98. The summed E-state index contributed by atoms with van der Waals surface area (Å²) >= 11 is 0.